The van der Waals surface area contributed by atoms with Gasteiger partial charge in [-0.3, -0.25) is 0 Å². The lowest BCUT2D eigenvalue weighted by Gasteiger charge is -2.11. The van der Waals surface area contributed by atoms with Crippen molar-refractivity contribution in [3.05, 3.63) is 34.9 Å². The third kappa shape index (κ3) is 3.88. The van der Waals surface area contributed by atoms with Crippen LogP contribution in [0.4, 0.5) is 0 Å². The van der Waals surface area contributed by atoms with Gasteiger partial charge in [0.1, 0.15) is 0 Å². The zero-order valence-corrected chi connectivity index (χ0v) is 10.7. The first-order valence-electron chi connectivity index (χ1n) is 5.53. The molecule has 1 unspecified atom stereocenters. The van der Waals surface area contributed by atoms with Crippen molar-refractivity contribution in [2.75, 3.05) is 5.75 Å². The van der Waals surface area contributed by atoms with Crippen LogP contribution in [0.3, 0.4) is 0 Å². The molecule has 1 atom stereocenters. The number of aryl methyl sites for hydroxylation is 2. The van der Waals surface area contributed by atoms with Crippen LogP contribution in [0.5, 0.6) is 0 Å². The van der Waals surface area contributed by atoms with Crippen molar-refractivity contribution in [2.24, 2.45) is 5.73 Å². The minimum atomic E-state index is 0.347. The van der Waals surface area contributed by atoms with Crippen LogP contribution in [0.1, 0.15) is 30.0 Å². The number of benzene rings is 1. The first-order valence-corrected chi connectivity index (χ1v) is 6.69. The van der Waals surface area contributed by atoms with Crippen molar-refractivity contribution in [2.45, 2.75) is 39.0 Å². The molecule has 0 bridgehead atoms. The molecular formula is C13H21NS. The van der Waals surface area contributed by atoms with Gasteiger partial charge in [-0.05, 0) is 37.0 Å². The minimum Gasteiger partial charge on any atom is -0.327 e. The van der Waals surface area contributed by atoms with Crippen LogP contribution in [0.25, 0.3) is 0 Å². The lowest BCUT2D eigenvalue weighted by molar-refractivity contribution is 0.724. The highest BCUT2D eigenvalue weighted by Gasteiger charge is 2.04. The maximum Gasteiger partial charge on any atom is 0.0190 e. The number of hydrogen-bond donors (Lipinski definition) is 1. The summed E-state index contributed by atoms with van der Waals surface area (Å²) in [6.45, 7) is 6.51. The summed E-state index contributed by atoms with van der Waals surface area (Å²) < 4.78 is 0. The first-order chi connectivity index (χ1) is 7.15. The first kappa shape index (κ1) is 12.6. The maximum absolute atomic E-state index is 5.89. The summed E-state index contributed by atoms with van der Waals surface area (Å²) in [5, 5.41) is 0. The smallest absolute Gasteiger partial charge is 0.0190 e. The van der Waals surface area contributed by atoms with Crippen molar-refractivity contribution in [3.8, 4) is 0 Å². The van der Waals surface area contributed by atoms with E-state index in [0.717, 1.165) is 17.9 Å². The third-order valence-electron chi connectivity index (χ3n) is 2.75. The van der Waals surface area contributed by atoms with Gasteiger partial charge in [0.15, 0.2) is 0 Å². The van der Waals surface area contributed by atoms with Crippen LogP contribution < -0.4 is 5.73 Å². The third-order valence-corrected chi connectivity index (χ3v) is 3.90. The fourth-order valence-corrected chi connectivity index (χ4v) is 2.82. The Bertz CT molecular complexity index is 289. The summed E-state index contributed by atoms with van der Waals surface area (Å²) in [5.41, 5.74) is 10.2. The Labute approximate surface area is 97.4 Å². The molecule has 1 nitrogen and oxygen atoms in total. The molecule has 1 aromatic carbocycles. The maximum atomic E-state index is 5.89. The van der Waals surface area contributed by atoms with Gasteiger partial charge in [0.25, 0.3) is 0 Å². The highest BCUT2D eigenvalue weighted by atomic mass is 32.2. The Hall–Kier alpha value is -0.470. The second-order valence-electron chi connectivity index (χ2n) is 4.05. The minimum absolute atomic E-state index is 0.347. The molecule has 1 rings (SSSR count). The molecule has 0 aromatic heterocycles. The van der Waals surface area contributed by atoms with E-state index in [1.54, 1.807) is 0 Å². The van der Waals surface area contributed by atoms with E-state index in [1.165, 1.54) is 16.7 Å². The van der Waals surface area contributed by atoms with Gasteiger partial charge in [-0.15, -0.1) is 0 Å². The van der Waals surface area contributed by atoms with Gasteiger partial charge in [-0.1, -0.05) is 25.1 Å². The van der Waals surface area contributed by atoms with E-state index < -0.39 is 0 Å². The van der Waals surface area contributed by atoms with Crippen molar-refractivity contribution in [1.29, 1.82) is 0 Å². The molecule has 0 saturated carbocycles. The molecule has 0 radical (unpaired) electrons. The largest absolute Gasteiger partial charge is 0.327 e. The lowest BCUT2D eigenvalue weighted by Crippen LogP contribution is -2.21. The standard InChI is InChI=1S/C13H21NS/c1-4-12(14)8-15-9-13-10(2)6-5-7-11(13)3/h5-7,12H,4,8-9,14H2,1-3H3. The van der Waals surface area contributed by atoms with Crippen molar-refractivity contribution in [3.63, 3.8) is 0 Å². The highest BCUT2D eigenvalue weighted by molar-refractivity contribution is 7.98. The van der Waals surface area contributed by atoms with E-state index in [1.807, 2.05) is 11.8 Å². The predicted octanol–water partition coefficient (Wildman–Crippen LogP) is 3.27. The van der Waals surface area contributed by atoms with Gasteiger partial charge < -0.3 is 5.73 Å². The van der Waals surface area contributed by atoms with Gasteiger partial charge in [0.2, 0.25) is 0 Å². The molecular weight excluding hydrogens is 202 g/mol. The van der Waals surface area contributed by atoms with E-state index in [0.29, 0.717) is 6.04 Å². The van der Waals surface area contributed by atoms with Crippen molar-refractivity contribution in [1.82, 2.24) is 0 Å². The van der Waals surface area contributed by atoms with Crippen LogP contribution in [-0.4, -0.2) is 11.8 Å². The van der Waals surface area contributed by atoms with Gasteiger partial charge in [0.05, 0.1) is 0 Å². The lowest BCUT2D eigenvalue weighted by atomic mass is 10.1. The van der Waals surface area contributed by atoms with E-state index >= 15 is 0 Å². The predicted molar refractivity (Wildman–Crippen MR) is 70.3 cm³/mol. The van der Waals surface area contributed by atoms with E-state index in [2.05, 4.69) is 39.0 Å². The molecule has 0 amide bonds. The molecule has 15 heavy (non-hydrogen) atoms. The Morgan fingerprint density at radius 1 is 1.27 bits per heavy atom. The molecule has 0 aliphatic heterocycles. The van der Waals surface area contributed by atoms with Crippen molar-refractivity contribution >= 4 is 11.8 Å². The van der Waals surface area contributed by atoms with Gasteiger partial charge in [-0.25, -0.2) is 0 Å². The Kier molecular flexibility index (Phi) is 5.20. The second kappa shape index (κ2) is 6.19. The highest BCUT2D eigenvalue weighted by Crippen LogP contribution is 2.20. The monoisotopic (exact) mass is 223 g/mol. The number of rotatable bonds is 5. The Morgan fingerprint density at radius 2 is 1.87 bits per heavy atom. The van der Waals surface area contributed by atoms with E-state index in [4.69, 9.17) is 5.73 Å². The summed E-state index contributed by atoms with van der Waals surface area (Å²) in [6, 6.07) is 6.83. The van der Waals surface area contributed by atoms with Gasteiger partial charge >= 0.3 is 0 Å². The topological polar surface area (TPSA) is 26.0 Å². The average Bonchev–Trinajstić information content (AvgIpc) is 2.22. The molecule has 0 fully saturated rings. The van der Waals surface area contributed by atoms with E-state index in [9.17, 15) is 0 Å². The summed E-state index contributed by atoms with van der Waals surface area (Å²) in [5.74, 6) is 2.15. The molecule has 0 saturated heterocycles. The van der Waals surface area contributed by atoms with Crippen LogP contribution in [-0.2, 0) is 5.75 Å². The Balaban J connectivity index is 2.50. The molecule has 0 spiro atoms. The summed E-state index contributed by atoms with van der Waals surface area (Å²) in [7, 11) is 0. The van der Waals surface area contributed by atoms with Crippen molar-refractivity contribution < 1.29 is 0 Å². The number of thioether (sulfide) groups is 1. The molecule has 2 N–H and O–H groups in total. The van der Waals surface area contributed by atoms with Crippen LogP contribution in [0, 0.1) is 13.8 Å². The summed E-state index contributed by atoms with van der Waals surface area (Å²) in [4.78, 5) is 0. The molecule has 84 valence electrons. The zero-order chi connectivity index (χ0) is 11.3. The quantitative estimate of drug-likeness (QED) is 0.829. The normalized spacial score (nSPS) is 12.8. The van der Waals surface area contributed by atoms with Gasteiger partial charge in [-0.2, -0.15) is 11.8 Å². The SMILES string of the molecule is CCC(N)CSCc1c(C)cccc1C. The second-order valence-corrected chi connectivity index (χ2v) is 5.08. The van der Waals surface area contributed by atoms with E-state index in [-0.39, 0.29) is 0 Å². The summed E-state index contributed by atoms with van der Waals surface area (Å²) in [6.07, 6.45) is 1.07. The molecule has 0 aliphatic rings. The van der Waals surface area contributed by atoms with Crippen LogP contribution in [0.2, 0.25) is 0 Å². The number of nitrogens with two attached hydrogens (primary N) is 1. The van der Waals surface area contributed by atoms with Crippen LogP contribution >= 0.6 is 11.8 Å². The average molecular weight is 223 g/mol. The molecule has 2 heteroatoms. The zero-order valence-electron chi connectivity index (χ0n) is 9.92. The molecule has 1 aromatic rings. The molecule has 0 heterocycles. The fourth-order valence-electron chi connectivity index (χ4n) is 1.51. The van der Waals surface area contributed by atoms with Gasteiger partial charge in [0, 0.05) is 17.5 Å². The summed E-state index contributed by atoms with van der Waals surface area (Å²) >= 11 is 1.94. The molecule has 0 aliphatic carbocycles. The van der Waals surface area contributed by atoms with Crippen LogP contribution in [0.15, 0.2) is 18.2 Å². The number of hydrogen-bond acceptors (Lipinski definition) is 2. The fraction of sp³-hybridized carbons (Fsp3) is 0.538. The Morgan fingerprint density at radius 3 is 2.40 bits per heavy atom.